The van der Waals surface area contributed by atoms with Gasteiger partial charge in [-0.2, -0.15) is 5.26 Å². The van der Waals surface area contributed by atoms with Gasteiger partial charge in [-0.3, -0.25) is 0 Å². The Bertz CT molecular complexity index is 589. The molecule has 0 aliphatic rings. The first-order valence-electron chi connectivity index (χ1n) is 5.87. The molecule has 0 spiro atoms. The highest BCUT2D eigenvalue weighted by Gasteiger charge is 2.09. The van der Waals surface area contributed by atoms with Crippen LogP contribution in [0.5, 0.6) is 0 Å². The molecule has 2 rings (SSSR count). The maximum absolute atomic E-state index is 9.00. The average molecular weight is 317 g/mol. The molecule has 0 amide bonds. The molecule has 0 radical (unpaired) electrons. The van der Waals surface area contributed by atoms with Crippen LogP contribution in [0.15, 0.2) is 41.1 Å². The maximum atomic E-state index is 9.00. The van der Waals surface area contributed by atoms with Crippen molar-refractivity contribution in [2.24, 2.45) is 0 Å². The fourth-order valence-electron chi connectivity index (χ4n) is 1.74. The van der Waals surface area contributed by atoms with E-state index in [9.17, 15) is 0 Å². The van der Waals surface area contributed by atoms with Crippen LogP contribution in [0.2, 0.25) is 0 Å². The predicted molar refractivity (Wildman–Crippen MR) is 77.9 cm³/mol. The van der Waals surface area contributed by atoms with Crippen molar-refractivity contribution < 1.29 is 0 Å². The number of hydrogen-bond acceptors (Lipinski definition) is 4. The summed E-state index contributed by atoms with van der Waals surface area (Å²) in [5.41, 5.74) is 1.61. The second kappa shape index (κ2) is 6.30. The lowest BCUT2D eigenvalue weighted by atomic mass is 10.1. The zero-order valence-corrected chi connectivity index (χ0v) is 12.1. The molecule has 96 valence electrons. The van der Waals surface area contributed by atoms with Crippen LogP contribution in [0.4, 0.5) is 5.82 Å². The van der Waals surface area contributed by atoms with E-state index in [-0.39, 0.29) is 0 Å². The highest BCUT2D eigenvalue weighted by atomic mass is 79.9. The highest BCUT2D eigenvalue weighted by molar-refractivity contribution is 9.10. The molecule has 4 nitrogen and oxygen atoms in total. The monoisotopic (exact) mass is 316 g/mol. The minimum absolute atomic E-state index is 0.362. The number of benzene rings is 1. The summed E-state index contributed by atoms with van der Waals surface area (Å²) < 4.78 is 1.07. The Kier molecular flexibility index (Phi) is 4.48. The largest absolute Gasteiger partial charge is 0.357 e. The average Bonchev–Trinajstić information content (AvgIpc) is 2.46. The van der Waals surface area contributed by atoms with Crippen molar-refractivity contribution in [1.29, 1.82) is 5.26 Å². The van der Waals surface area contributed by atoms with Gasteiger partial charge in [0.15, 0.2) is 11.5 Å². The molecule has 0 aliphatic heterocycles. The number of halogens is 1. The van der Waals surface area contributed by atoms with Crippen molar-refractivity contribution in [1.82, 2.24) is 9.97 Å². The van der Waals surface area contributed by atoms with Gasteiger partial charge in [-0.25, -0.2) is 9.97 Å². The molecular weight excluding hydrogens is 304 g/mol. The Morgan fingerprint density at radius 2 is 1.89 bits per heavy atom. The third-order valence-electron chi connectivity index (χ3n) is 2.80. The van der Waals surface area contributed by atoms with Crippen LogP contribution in [0, 0.1) is 11.3 Å². The van der Waals surface area contributed by atoms with E-state index in [1.54, 1.807) is 6.20 Å². The minimum Gasteiger partial charge on any atom is -0.357 e. The molecule has 1 aromatic carbocycles. The van der Waals surface area contributed by atoms with E-state index in [2.05, 4.69) is 44.1 Å². The Labute approximate surface area is 120 Å². The Morgan fingerprint density at radius 3 is 2.58 bits per heavy atom. The number of hydrogen-bond donors (Lipinski definition) is 0. The Hall–Kier alpha value is -1.93. The lowest BCUT2D eigenvalue weighted by Gasteiger charge is -2.18. The molecule has 0 saturated carbocycles. The van der Waals surface area contributed by atoms with Crippen molar-refractivity contribution in [2.75, 3.05) is 18.5 Å². The molecule has 0 saturated heterocycles. The summed E-state index contributed by atoms with van der Waals surface area (Å²) in [5.74, 6) is 0.627. The summed E-state index contributed by atoms with van der Waals surface area (Å²) in [6, 6.07) is 10.3. The number of anilines is 1. The lowest BCUT2D eigenvalue weighted by Crippen LogP contribution is -2.22. The molecule has 0 aliphatic carbocycles. The Balaban J connectivity index is 2.03. The summed E-state index contributed by atoms with van der Waals surface area (Å²) in [5, 5.41) is 9.00. The summed E-state index contributed by atoms with van der Waals surface area (Å²) in [6.07, 6.45) is 4.03. The fourth-order valence-corrected chi connectivity index (χ4v) is 2.01. The standard InChI is InChI=1S/C14H13BrN4/c1-19(14-13(10-16)17-7-8-18-14)9-6-11-2-4-12(15)5-3-11/h2-5,7-8H,6,9H2,1H3. The van der Waals surface area contributed by atoms with Gasteiger partial charge in [0.2, 0.25) is 0 Å². The van der Waals surface area contributed by atoms with Gasteiger partial charge < -0.3 is 4.90 Å². The van der Waals surface area contributed by atoms with Gasteiger partial charge in [-0.1, -0.05) is 28.1 Å². The van der Waals surface area contributed by atoms with Crippen LogP contribution in [0.1, 0.15) is 11.3 Å². The predicted octanol–water partition coefficient (Wildman–Crippen LogP) is 2.79. The van der Waals surface area contributed by atoms with Crippen molar-refractivity contribution >= 4 is 21.7 Å². The van der Waals surface area contributed by atoms with Gasteiger partial charge >= 0.3 is 0 Å². The third-order valence-corrected chi connectivity index (χ3v) is 3.32. The van der Waals surface area contributed by atoms with Gasteiger partial charge in [0.1, 0.15) is 6.07 Å². The van der Waals surface area contributed by atoms with E-state index in [4.69, 9.17) is 5.26 Å². The fraction of sp³-hybridized carbons (Fsp3) is 0.214. The van der Waals surface area contributed by atoms with Gasteiger partial charge in [-0.05, 0) is 24.1 Å². The van der Waals surface area contributed by atoms with Crippen LogP contribution >= 0.6 is 15.9 Å². The lowest BCUT2D eigenvalue weighted by molar-refractivity contribution is 0.851. The molecule has 1 heterocycles. The number of nitriles is 1. The van der Waals surface area contributed by atoms with Gasteiger partial charge in [0.25, 0.3) is 0 Å². The number of rotatable bonds is 4. The molecule has 0 bridgehead atoms. The first kappa shape index (κ1) is 13.5. The zero-order valence-electron chi connectivity index (χ0n) is 10.5. The van der Waals surface area contributed by atoms with Crippen LogP contribution in [0.3, 0.4) is 0 Å². The summed E-state index contributed by atoms with van der Waals surface area (Å²) in [4.78, 5) is 10.2. The van der Waals surface area contributed by atoms with Crippen molar-refractivity contribution in [3.8, 4) is 6.07 Å². The van der Waals surface area contributed by atoms with Gasteiger partial charge in [0, 0.05) is 30.5 Å². The van der Waals surface area contributed by atoms with Gasteiger partial charge in [0.05, 0.1) is 0 Å². The number of aromatic nitrogens is 2. The molecule has 0 atom stereocenters. The second-order valence-electron chi connectivity index (χ2n) is 4.14. The van der Waals surface area contributed by atoms with Crippen molar-refractivity contribution in [3.63, 3.8) is 0 Å². The smallest absolute Gasteiger partial charge is 0.183 e. The van der Waals surface area contributed by atoms with Gasteiger partial charge in [-0.15, -0.1) is 0 Å². The number of nitrogens with zero attached hydrogens (tertiary/aromatic N) is 4. The molecule has 1 aromatic heterocycles. The Morgan fingerprint density at radius 1 is 1.21 bits per heavy atom. The van der Waals surface area contributed by atoms with Crippen LogP contribution in [-0.2, 0) is 6.42 Å². The first-order valence-corrected chi connectivity index (χ1v) is 6.66. The van der Waals surface area contributed by atoms with E-state index in [1.165, 1.54) is 11.8 Å². The topological polar surface area (TPSA) is 52.8 Å². The van der Waals surface area contributed by atoms with E-state index >= 15 is 0 Å². The summed E-state index contributed by atoms with van der Waals surface area (Å²) in [6.45, 7) is 0.787. The second-order valence-corrected chi connectivity index (χ2v) is 5.05. The normalized spacial score (nSPS) is 9.95. The highest BCUT2D eigenvalue weighted by Crippen LogP contribution is 2.14. The van der Waals surface area contributed by atoms with E-state index in [0.29, 0.717) is 11.5 Å². The van der Waals surface area contributed by atoms with Crippen molar-refractivity contribution in [2.45, 2.75) is 6.42 Å². The molecule has 0 N–H and O–H groups in total. The molecule has 0 unspecified atom stereocenters. The van der Waals surface area contributed by atoms with Crippen LogP contribution < -0.4 is 4.90 Å². The summed E-state index contributed by atoms with van der Waals surface area (Å²) >= 11 is 3.42. The maximum Gasteiger partial charge on any atom is 0.183 e. The molecule has 19 heavy (non-hydrogen) atoms. The van der Waals surface area contributed by atoms with E-state index in [1.807, 2.05) is 24.1 Å². The first-order chi connectivity index (χ1) is 9.20. The summed E-state index contributed by atoms with van der Waals surface area (Å²) in [7, 11) is 1.92. The van der Waals surface area contributed by atoms with E-state index < -0.39 is 0 Å². The van der Waals surface area contributed by atoms with Crippen LogP contribution in [-0.4, -0.2) is 23.6 Å². The number of likely N-dealkylation sites (N-methyl/N-ethyl adjacent to an activating group) is 1. The third kappa shape index (κ3) is 3.52. The van der Waals surface area contributed by atoms with Crippen LogP contribution in [0.25, 0.3) is 0 Å². The molecular formula is C14H13BrN4. The minimum atomic E-state index is 0.362. The molecule has 0 fully saturated rings. The molecule has 2 aromatic rings. The molecule has 5 heteroatoms. The van der Waals surface area contributed by atoms with Crippen molar-refractivity contribution in [3.05, 3.63) is 52.4 Å². The quantitative estimate of drug-likeness (QED) is 0.870. The van der Waals surface area contributed by atoms with E-state index in [0.717, 1.165) is 17.4 Å². The SMILES string of the molecule is CN(CCc1ccc(Br)cc1)c1nccnc1C#N. The zero-order chi connectivity index (χ0) is 13.7.